The predicted molar refractivity (Wildman–Crippen MR) is 117 cm³/mol. The van der Waals surface area contributed by atoms with Crippen molar-refractivity contribution in [3.8, 4) is 0 Å². The highest BCUT2D eigenvalue weighted by molar-refractivity contribution is 7.08. The summed E-state index contributed by atoms with van der Waals surface area (Å²) >= 11 is 1.64. The Morgan fingerprint density at radius 2 is 2.29 bits per heavy atom. The molecule has 2 aromatic rings. The fraction of sp³-hybridized carbons (Fsp3) is 0.591. The van der Waals surface area contributed by atoms with Gasteiger partial charge in [0.25, 0.3) is 6.47 Å². The van der Waals surface area contributed by atoms with Crippen LogP contribution < -0.4 is 5.32 Å². The maximum atomic E-state index is 12.3. The molecule has 3 aliphatic heterocycles. The van der Waals surface area contributed by atoms with E-state index in [0.29, 0.717) is 24.4 Å². The summed E-state index contributed by atoms with van der Waals surface area (Å²) in [5, 5.41) is 18.5. The van der Waals surface area contributed by atoms with Gasteiger partial charge in [0, 0.05) is 49.9 Å². The summed E-state index contributed by atoms with van der Waals surface area (Å²) in [4.78, 5) is 23.2. The van der Waals surface area contributed by atoms with Gasteiger partial charge in [-0.15, -0.1) is 0 Å². The van der Waals surface area contributed by atoms with Gasteiger partial charge in [0.1, 0.15) is 0 Å². The van der Waals surface area contributed by atoms with E-state index in [-0.39, 0.29) is 18.0 Å². The molecule has 1 amide bonds. The number of rotatable bonds is 7. The number of amides is 1. The van der Waals surface area contributed by atoms with E-state index in [1.54, 1.807) is 11.3 Å². The monoisotopic (exact) mass is 446 g/mol. The standard InChI is InChI=1S/C21H28N4O2S.CH2O2/c1-15-3-6-23-25(15)8-7-24-12-18-17(19-2-5-21(18,14-24)27-19)11-22-20(26)10-16-4-9-28-13-16;2-1-3/h3-4,6,9,13,17-19H,2,5,7-8,10-12,14H2,1H3,(H,22,26);1H,(H,2,3)/t17-,18+,19+,21+;/m0./s1. The minimum absolute atomic E-state index is 0.0204. The zero-order valence-corrected chi connectivity index (χ0v) is 18.6. The smallest absolute Gasteiger partial charge is 0.290 e. The van der Waals surface area contributed by atoms with E-state index in [4.69, 9.17) is 14.6 Å². The van der Waals surface area contributed by atoms with Crippen LogP contribution in [0.1, 0.15) is 24.1 Å². The molecule has 0 radical (unpaired) electrons. The van der Waals surface area contributed by atoms with Crippen LogP contribution >= 0.6 is 11.3 Å². The number of thiophene rings is 1. The average Bonchev–Trinajstić information content (AvgIpc) is 3.53. The zero-order chi connectivity index (χ0) is 21.8. The summed E-state index contributed by atoms with van der Waals surface area (Å²) in [6.45, 7) is 6.62. The van der Waals surface area contributed by atoms with Crippen molar-refractivity contribution in [2.45, 2.75) is 44.4 Å². The SMILES string of the molecule is Cc1ccnn1CCN1C[C@@H]2[C@H](CNC(=O)Cc3ccsc3)[C@H]3CC[C@]2(C1)O3.O=CO. The van der Waals surface area contributed by atoms with Gasteiger partial charge in [-0.2, -0.15) is 16.4 Å². The average molecular weight is 447 g/mol. The number of hydrogen-bond acceptors (Lipinski definition) is 6. The Kier molecular flexibility index (Phi) is 6.74. The van der Waals surface area contributed by atoms with Gasteiger partial charge in [-0.3, -0.25) is 19.2 Å². The topological polar surface area (TPSA) is 96.7 Å². The van der Waals surface area contributed by atoms with Crippen LogP contribution in [0, 0.1) is 18.8 Å². The van der Waals surface area contributed by atoms with Gasteiger partial charge < -0.3 is 15.2 Å². The minimum atomic E-state index is -0.250. The highest BCUT2D eigenvalue weighted by Gasteiger charge is 2.62. The molecule has 0 unspecified atom stereocenters. The number of carboxylic acid groups (broad SMARTS) is 1. The molecule has 2 N–H and O–H groups in total. The second-order valence-corrected chi connectivity index (χ2v) is 9.46. The van der Waals surface area contributed by atoms with Crippen LogP contribution in [0.2, 0.25) is 0 Å². The molecule has 1 spiro atoms. The first-order valence-corrected chi connectivity index (χ1v) is 11.7. The number of hydrogen-bond donors (Lipinski definition) is 2. The van der Waals surface area contributed by atoms with E-state index in [1.165, 1.54) is 12.1 Å². The number of aryl methyl sites for hydroxylation is 1. The number of aromatic nitrogens is 2. The van der Waals surface area contributed by atoms with E-state index in [9.17, 15) is 4.79 Å². The van der Waals surface area contributed by atoms with Crippen LogP contribution in [-0.2, 0) is 27.3 Å². The quantitative estimate of drug-likeness (QED) is 0.630. The Morgan fingerprint density at radius 3 is 3.00 bits per heavy atom. The number of nitrogens with zero attached hydrogens (tertiary/aromatic N) is 3. The third-order valence-electron chi connectivity index (χ3n) is 6.89. The number of nitrogens with one attached hydrogen (secondary N) is 1. The molecule has 5 heterocycles. The number of likely N-dealkylation sites (tertiary alicyclic amines) is 1. The Morgan fingerprint density at radius 1 is 1.45 bits per heavy atom. The molecule has 3 aliphatic rings. The summed E-state index contributed by atoms with van der Waals surface area (Å²) < 4.78 is 8.59. The van der Waals surface area contributed by atoms with Gasteiger partial charge in [0.15, 0.2) is 0 Å². The second-order valence-electron chi connectivity index (χ2n) is 8.68. The molecule has 2 bridgehead atoms. The van der Waals surface area contributed by atoms with Crippen LogP contribution in [0.3, 0.4) is 0 Å². The highest BCUT2D eigenvalue weighted by Crippen LogP contribution is 2.54. The van der Waals surface area contributed by atoms with Crippen molar-refractivity contribution in [2.75, 3.05) is 26.2 Å². The number of carbonyl (C=O) groups excluding carboxylic acids is 1. The van der Waals surface area contributed by atoms with Gasteiger partial charge in [-0.25, -0.2) is 0 Å². The summed E-state index contributed by atoms with van der Waals surface area (Å²) in [5.41, 5.74) is 2.33. The van der Waals surface area contributed by atoms with E-state index < -0.39 is 0 Å². The van der Waals surface area contributed by atoms with Crippen molar-refractivity contribution in [3.05, 3.63) is 40.3 Å². The molecule has 3 fully saturated rings. The molecule has 8 nitrogen and oxygen atoms in total. The largest absolute Gasteiger partial charge is 0.483 e. The van der Waals surface area contributed by atoms with E-state index >= 15 is 0 Å². The van der Waals surface area contributed by atoms with Crippen molar-refractivity contribution in [1.29, 1.82) is 0 Å². The van der Waals surface area contributed by atoms with Gasteiger partial charge in [-0.05, 0) is 48.2 Å². The first-order chi connectivity index (χ1) is 15.0. The van der Waals surface area contributed by atoms with Gasteiger partial charge in [0.05, 0.1) is 24.7 Å². The number of ether oxygens (including phenoxy) is 1. The molecule has 5 rings (SSSR count). The molecule has 3 saturated heterocycles. The first-order valence-electron chi connectivity index (χ1n) is 10.8. The zero-order valence-electron chi connectivity index (χ0n) is 17.8. The summed E-state index contributed by atoms with van der Waals surface area (Å²) in [6, 6.07) is 4.08. The van der Waals surface area contributed by atoms with Crippen LogP contribution in [0.4, 0.5) is 0 Å². The molecule has 2 aromatic heterocycles. The molecule has 9 heteroatoms. The van der Waals surface area contributed by atoms with Gasteiger partial charge >= 0.3 is 0 Å². The fourth-order valence-corrected chi connectivity index (χ4v) is 6.14. The van der Waals surface area contributed by atoms with Crippen molar-refractivity contribution in [3.63, 3.8) is 0 Å². The van der Waals surface area contributed by atoms with Crippen molar-refractivity contribution in [2.24, 2.45) is 11.8 Å². The number of carbonyl (C=O) groups is 2. The maximum Gasteiger partial charge on any atom is 0.290 e. The lowest BCUT2D eigenvalue weighted by molar-refractivity contribution is -0.123. The highest BCUT2D eigenvalue weighted by atomic mass is 32.1. The van der Waals surface area contributed by atoms with Crippen LogP contribution in [0.5, 0.6) is 0 Å². The van der Waals surface area contributed by atoms with Crippen molar-refractivity contribution >= 4 is 23.7 Å². The molecule has 4 atom stereocenters. The third-order valence-corrected chi connectivity index (χ3v) is 7.62. The third kappa shape index (κ3) is 4.68. The molecule has 31 heavy (non-hydrogen) atoms. The summed E-state index contributed by atoms with van der Waals surface area (Å²) in [7, 11) is 0. The first kappa shape index (κ1) is 22.0. The Balaban J connectivity index is 0.000000730. The normalized spacial score (nSPS) is 28.7. The molecule has 0 saturated carbocycles. The van der Waals surface area contributed by atoms with Crippen molar-refractivity contribution in [1.82, 2.24) is 20.0 Å². The Labute approximate surface area is 186 Å². The lowest BCUT2D eigenvalue weighted by Gasteiger charge is -2.29. The summed E-state index contributed by atoms with van der Waals surface area (Å²) in [6.07, 6.45) is 4.97. The molecular formula is C22H30N4O4S. The van der Waals surface area contributed by atoms with E-state index in [2.05, 4.69) is 33.0 Å². The molecule has 0 aliphatic carbocycles. The molecule has 168 valence electrons. The van der Waals surface area contributed by atoms with Crippen LogP contribution in [0.25, 0.3) is 0 Å². The van der Waals surface area contributed by atoms with Gasteiger partial charge in [-0.1, -0.05) is 0 Å². The second kappa shape index (κ2) is 9.50. The molecule has 0 aromatic carbocycles. The Hall–Kier alpha value is -2.23. The predicted octanol–water partition coefficient (Wildman–Crippen LogP) is 1.79. The molecular weight excluding hydrogens is 416 g/mol. The maximum absolute atomic E-state index is 12.3. The van der Waals surface area contributed by atoms with E-state index in [1.807, 2.05) is 23.0 Å². The van der Waals surface area contributed by atoms with Crippen LogP contribution in [-0.4, -0.2) is 70.1 Å². The van der Waals surface area contributed by atoms with Gasteiger partial charge in [0.2, 0.25) is 5.91 Å². The van der Waals surface area contributed by atoms with Crippen LogP contribution in [0.15, 0.2) is 29.1 Å². The number of fused-ring (bicyclic) bond motifs is 1. The lowest BCUT2D eigenvalue weighted by atomic mass is 9.73. The summed E-state index contributed by atoms with van der Waals surface area (Å²) in [5.74, 6) is 1.10. The van der Waals surface area contributed by atoms with E-state index in [0.717, 1.165) is 44.7 Å². The lowest BCUT2D eigenvalue weighted by Crippen LogP contribution is -2.42. The van der Waals surface area contributed by atoms with Crippen molar-refractivity contribution < 1.29 is 19.4 Å². The minimum Gasteiger partial charge on any atom is -0.483 e. The Bertz CT molecular complexity index is 886. The fourth-order valence-electron chi connectivity index (χ4n) is 5.47.